The van der Waals surface area contributed by atoms with Crippen LogP contribution in [0.4, 0.5) is 0 Å². The van der Waals surface area contributed by atoms with Crippen molar-refractivity contribution in [2.45, 2.75) is 39.7 Å². The fourth-order valence-electron chi connectivity index (χ4n) is 1.51. The van der Waals surface area contributed by atoms with Gasteiger partial charge in [0.2, 0.25) is 0 Å². The lowest BCUT2D eigenvalue weighted by atomic mass is 9.98. The van der Waals surface area contributed by atoms with Gasteiger partial charge in [-0.1, -0.05) is 20.3 Å². The molecular weight excluding hydrogens is 164 g/mol. The van der Waals surface area contributed by atoms with E-state index in [1.807, 2.05) is 26.0 Å². The molecule has 1 aromatic rings. The molecule has 0 aliphatic heterocycles. The van der Waals surface area contributed by atoms with Gasteiger partial charge in [-0.05, 0) is 31.4 Å². The van der Waals surface area contributed by atoms with Crippen molar-refractivity contribution in [3.63, 3.8) is 0 Å². The van der Waals surface area contributed by atoms with Crippen molar-refractivity contribution in [2.24, 2.45) is 5.92 Å². The molecular formula is C11H18O2. The van der Waals surface area contributed by atoms with Gasteiger partial charge in [0, 0.05) is 0 Å². The van der Waals surface area contributed by atoms with Gasteiger partial charge < -0.3 is 9.52 Å². The van der Waals surface area contributed by atoms with E-state index in [4.69, 9.17) is 4.42 Å². The highest BCUT2D eigenvalue weighted by atomic mass is 16.4. The van der Waals surface area contributed by atoms with Crippen molar-refractivity contribution < 1.29 is 9.52 Å². The van der Waals surface area contributed by atoms with Crippen molar-refractivity contribution in [1.82, 2.24) is 0 Å². The van der Waals surface area contributed by atoms with Crippen LogP contribution in [0, 0.1) is 12.8 Å². The van der Waals surface area contributed by atoms with E-state index < -0.39 is 6.10 Å². The normalized spacial score (nSPS) is 15.7. The number of furan rings is 1. The minimum Gasteiger partial charge on any atom is -0.464 e. The largest absolute Gasteiger partial charge is 0.464 e. The van der Waals surface area contributed by atoms with Gasteiger partial charge in [0.05, 0.1) is 0 Å². The molecule has 0 saturated heterocycles. The number of aryl methyl sites for hydroxylation is 1. The molecule has 13 heavy (non-hydrogen) atoms. The second kappa shape index (κ2) is 4.47. The predicted octanol–water partition coefficient (Wildman–Crippen LogP) is 3.06. The number of aliphatic hydroxyl groups is 1. The summed E-state index contributed by atoms with van der Waals surface area (Å²) in [6.07, 6.45) is 1.67. The smallest absolute Gasteiger partial charge is 0.132 e. The Morgan fingerprint density at radius 3 is 2.62 bits per heavy atom. The summed E-state index contributed by atoms with van der Waals surface area (Å²) >= 11 is 0. The van der Waals surface area contributed by atoms with E-state index in [2.05, 4.69) is 6.92 Å². The summed E-state index contributed by atoms with van der Waals surface area (Å²) in [6, 6.07) is 3.74. The molecule has 0 saturated carbocycles. The molecule has 1 N–H and O–H groups in total. The molecule has 1 rings (SSSR count). The highest BCUT2D eigenvalue weighted by molar-refractivity contribution is 5.08. The van der Waals surface area contributed by atoms with Crippen LogP contribution in [-0.2, 0) is 0 Å². The first-order valence-corrected chi connectivity index (χ1v) is 4.89. The van der Waals surface area contributed by atoms with Gasteiger partial charge in [-0.3, -0.25) is 0 Å². The molecule has 0 amide bonds. The molecule has 0 bridgehead atoms. The summed E-state index contributed by atoms with van der Waals surface area (Å²) in [7, 11) is 0. The van der Waals surface area contributed by atoms with Crippen LogP contribution in [0.5, 0.6) is 0 Å². The van der Waals surface area contributed by atoms with Gasteiger partial charge in [0.1, 0.15) is 17.6 Å². The first-order chi connectivity index (χ1) is 6.15. The van der Waals surface area contributed by atoms with Crippen molar-refractivity contribution in [1.29, 1.82) is 0 Å². The number of hydrogen-bond donors (Lipinski definition) is 1. The highest BCUT2D eigenvalue weighted by Crippen LogP contribution is 2.26. The second-order valence-corrected chi connectivity index (χ2v) is 3.66. The maximum atomic E-state index is 9.84. The number of hydrogen-bond acceptors (Lipinski definition) is 2. The molecule has 0 fully saturated rings. The molecule has 2 nitrogen and oxygen atoms in total. The van der Waals surface area contributed by atoms with Crippen LogP contribution < -0.4 is 0 Å². The minimum atomic E-state index is -0.450. The fourth-order valence-corrected chi connectivity index (χ4v) is 1.51. The Hall–Kier alpha value is -0.760. The van der Waals surface area contributed by atoms with Crippen molar-refractivity contribution in [3.8, 4) is 0 Å². The summed E-state index contributed by atoms with van der Waals surface area (Å²) in [4.78, 5) is 0. The van der Waals surface area contributed by atoms with Gasteiger partial charge in [-0.2, -0.15) is 0 Å². The summed E-state index contributed by atoms with van der Waals surface area (Å²) in [5.74, 6) is 1.83. The van der Waals surface area contributed by atoms with Crippen LogP contribution in [0.15, 0.2) is 16.5 Å². The highest BCUT2D eigenvalue weighted by Gasteiger charge is 2.18. The van der Waals surface area contributed by atoms with Crippen molar-refractivity contribution >= 4 is 0 Å². The Morgan fingerprint density at radius 2 is 2.15 bits per heavy atom. The Kier molecular flexibility index (Phi) is 3.55. The van der Waals surface area contributed by atoms with E-state index in [0.29, 0.717) is 5.76 Å². The maximum Gasteiger partial charge on any atom is 0.132 e. The summed E-state index contributed by atoms with van der Waals surface area (Å²) < 4.78 is 5.36. The lowest BCUT2D eigenvalue weighted by Crippen LogP contribution is -2.07. The van der Waals surface area contributed by atoms with Crippen LogP contribution in [0.3, 0.4) is 0 Å². The van der Waals surface area contributed by atoms with Gasteiger partial charge in [-0.25, -0.2) is 0 Å². The fraction of sp³-hybridized carbons (Fsp3) is 0.636. The Morgan fingerprint density at radius 1 is 1.46 bits per heavy atom. The zero-order chi connectivity index (χ0) is 9.84. The Labute approximate surface area is 79.6 Å². The standard InChI is InChI=1S/C11H18O2/c1-4-5-8(2)11(12)10-7-6-9(3)13-10/h6-8,11-12H,4-5H2,1-3H3. The quantitative estimate of drug-likeness (QED) is 0.776. The predicted molar refractivity (Wildman–Crippen MR) is 52.5 cm³/mol. The van der Waals surface area contributed by atoms with Gasteiger partial charge >= 0.3 is 0 Å². The second-order valence-electron chi connectivity index (χ2n) is 3.66. The van der Waals surface area contributed by atoms with Crippen LogP contribution in [0.1, 0.15) is 44.3 Å². The zero-order valence-electron chi connectivity index (χ0n) is 8.58. The number of aliphatic hydroxyl groups excluding tert-OH is 1. The number of rotatable bonds is 4. The van der Waals surface area contributed by atoms with Crippen LogP contribution >= 0.6 is 0 Å². The van der Waals surface area contributed by atoms with Crippen molar-refractivity contribution in [3.05, 3.63) is 23.7 Å². The monoisotopic (exact) mass is 182 g/mol. The summed E-state index contributed by atoms with van der Waals surface area (Å²) in [5, 5.41) is 9.84. The van der Waals surface area contributed by atoms with Crippen molar-refractivity contribution in [2.75, 3.05) is 0 Å². The maximum absolute atomic E-state index is 9.84. The van der Waals surface area contributed by atoms with Crippen LogP contribution in [0.2, 0.25) is 0 Å². The van der Waals surface area contributed by atoms with E-state index in [1.54, 1.807) is 0 Å². The summed E-state index contributed by atoms with van der Waals surface area (Å²) in [6.45, 7) is 6.06. The first kappa shape index (κ1) is 10.3. The van der Waals surface area contributed by atoms with Gasteiger partial charge in [0.15, 0.2) is 0 Å². The topological polar surface area (TPSA) is 33.4 Å². The summed E-state index contributed by atoms with van der Waals surface area (Å²) in [5.41, 5.74) is 0. The SMILES string of the molecule is CCCC(C)C(O)c1ccc(C)o1. The van der Waals surface area contributed by atoms with Crippen LogP contribution in [0.25, 0.3) is 0 Å². The molecule has 2 atom stereocenters. The molecule has 0 radical (unpaired) electrons. The molecule has 2 unspecified atom stereocenters. The van der Waals surface area contributed by atoms with Crippen LogP contribution in [-0.4, -0.2) is 5.11 Å². The third kappa shape index (κ3) is 2.59. The zero-order valence-corrected chi connectivity index (χ0v) is 8.58. The molecule has 0 aromatic carbocycles. The molecule has 1 aromatic heterocycles. The molecule has 74 valence electrons. The first-order valence-electron chi connectivity index (χ1n) is 4.89. The van der Waals surface area contributed by atoms with E-state index in [1.165, 1.54) is 0 Å². The van der Waals surface area contributed by atoms with Gasteiger partial charge in [0.25, 0.3) is 0 Å². The average molecular weight is 182 g/mol. The van der Waals surface area contributed by atoms with E-state index >= 15 is 0 Å². The Bertz CT molecular complexity index is 252. The molecule has 0 spiro atoms. The third-order valence-electron chi connectivity index (χ3n) is 2.34. The lowest BCUT2D eigenvalue weighted by Gasteiger charge is -2.15. The third-order valence-corrected chi connectivity index (χ3v) is 2.34. The Balaban J connectivity index is 2.61. The average Bonchev–Trinajstić information content (AvgIpc) is 2.51. The minimum absolute atomic E-state index is 0.274. The molecule has 2 heteroatoms. The van der Waals surface area contributed by atoms with E-state index in [9.17, 15) is 5.11 Å². The van der Waals surface area contributed by atoms with Gasteiger partial charge in [-0.15, -0.1) is 0 Å². The molecule has 0 aliphatic carbocycles. The van der Waals surface area contributed by atoms with E-state index in [0.717, 1.165) is 18.6 Å². The molecule has 0 aliphatic rings. The van der Waals surface area contributed by atoms with E-state index in [-0.39, 0.29) is 5.92 Å². The lowest BCUT2D eigenvalue weighted by molar-refractivity contribution is 0.0886. The molecule has 1 heterocycles.